The van der Waals surface area contributed by atoms with Crippen LogP contribution in [0.2, 0.25) is 5.02 Å². The van der Waals surface area contributed by atoms with E-state index in [1.54, 1.807) is 11.3 Å². The third-order valence-corrected chi connectivity index (χ3v) is 4.38. The van der Waals surface area contributed by atoms with Gasteiger partial charge in [-0.15, -0.1) is 0 Å². The molecule has 1 aromatic heterocycles. The molecule has 0 fully saturated rings. The molecule has 1 heterocycles. The number of nitrogens with one attached hydrogen (secondary N) is 1. The Hall–Kier alpha value is -0.970. The van der Waals surface area contributed by atoms with Gasteiger partial charge in [-0.2, -0.15) is 11.3 Å². The Labute approximate surface area is 133 Å². The van der Waals surface area contributed by atoms with E-state index in [4.69, 9.17) is 11.6 Å². The third kappa shape index (κ3) is 4.50. The van der Waals surface area contributed by atoms with E-state index < -0.39 is 11.6 Å². The van der Waals surface area contributed by atoms with Crippen LogP contribution >= 0.6 is 22.9 Å². The molecule has 0 saturated heterocycles. The Balaban J connectivity index is 2.16. The van der Waals surface area contributed by atoms with Gasteiger partial charge in [0.05, 0.1) is 5.02 Å². The molecule has 0 spiro atoms. The van der Waals surface area contributed by atoms with Gasteiger partial charge >= 0.3 is 0 Å². The summed E-state index contributed by atoms with van der Waals surface area (Å²) >= 11 is 7.26. The van der Waals surface area contributed by atoms with Gasteiger partial charge in [-0.3, -0.25) is 0 Å². The zero-order chi connectivity index (χ0) is 15.2. The summed E-state index contributed by atoms with van der Waals surface area (Å²) < 4.78 is 27.7. The van der Waals surface area contributed by atoms with Crippen LogP contribution in [-0.2, 0) is 6.42 Å². The molecular formula is C16H18ClF2NS. The van der Waals surface area contributed by atoms with Gasteiger partial charge < -0.3 is 5.32 Å². The summed E-state index contributed by atoms with van der Waals surface area (Å²) in [4.78, 5) is 0. The minimum atomic E-state index is -0.577. The molecule has 0 radical (unpaired) electrons. The number of hydrogen-bond acceptors (Lipinski definition) is 2. The van der Waals surface area contributed by atoms with E-state index in [-0.39, 0.29) is 11.1 Å². The van der Waals surface area contributed by atoms with E-state index in [2.05, 4.69) is 16.8 Å². The smallest absolute Gasteiger partial charge is 0.142 e. The summed E-state index contributed by atoms with van der Waals surface area (Å²) in [6, 6.07) is 4.10. The second kappa shape index (κ2) is 7.87. The molecular weight excluding hydrogens is 312 g/mol. The standard InChI is InChI=1S/C16H18ClF2NS/c1-2-6-20-16(4-3-11-5-7-21-10-11)12-8-15(19)13(17)9-14(12)18/h5,7-10,16,20H,2-4,6H2,1H3. The van der Waals surface area contributed by atoms with Crippen LogP contribution in [0.3, 0.4) is 0 Å². The van der Waals surface area contributed by atoms with Crippen molar-refractivity contribution in [1.82, 2.24) is 5.32 Å². The Morgan fingerprint density at radius 1 is 1.29 bits per heavy atom. The normalized spacial score (nSPS) is 12.6. The molecule has 0 saturated carbocycles. The molecule has 1 nitrogen and oxygen atoms in total. The number of halogens is 3. The SMILES string of the molecule is CCCNC(CCc1ccsc1)c1cc(F)c(Cl)cc1F. The third-order valence-electron chi connectivity index (χ3n) is 3.36. The van der Waals surface area contributed by atoms with Gasteiger partial charge in [-0.1, -0.05) is 18.5 Å². The van der Waals surface area contributed by atoms with E-state index in [0.717, 1.165) is 25.5 Å². The van der Waals surface area contributed by atoms with Crippen molar-refractivity contribution in [1.29, 1.82) is 0 Å². The van der Waals surface area contributed by atoms with Crippen molar-refractivity contribution >= 4 is 22.9 Å². The first-order valence-corrected chi connectivity index (χ1v) is 8.32. The first-order chi connectivity index (χ1) is 10.1. The quantitative estimate of drug-likeness (QED) is 0.675. The summed E-state index contributed by atoms with van der Waals surface area (Å²) in [5.74, 6) is -1.03. The second-order valence-electron chi connectivity index (χ2n) is 4.96. The van der Waals surface area contributed by atoms with Gasteiger partial charge in [-0.05, 0) is 60.3 Å². The lowest BCUT2D eigenvalue weighted by atomic mass is 9.99. The van der Waals surface area contributed by atoms with E-state index in [1.807, 2.05) is 12.3 Å². The fraction of sp³-hybridized carbons (Fsp3) is 0.375. The highest BCUT2D eigenvalue weighted by molar-refractivity contribution is 7.07. The lowest BCUT2D eigenvalue weighted by Crippen LogP contribution is -2.24. The van der Waals surface area contributed by atoms with Crippen LogP contribution in [0.1, 0.15) is 36.9 Å². The van der Waals surface area contributed by atoms with Crippen molar-refractivity contribution in [3.8, 4) is 0 Å². The van der Waals surface area contributed by atoms with Crippen LogP contribution in [0.5, 0.6) is 0 Å². The Morgan fingerprint density at radius 2 is 2.10 bits per heavy atom. The second-order valence-corrected chi connectivity index (χ2v) is 6.15. The molecule has 0 bridgehead atoms. The molecule has 5 heteroatoms. The predicted molar refractivity (Wildman–Crippen MR) is 85.0 cm³/mol. The predicted octanol–water partition coefficient (Wildman–Crippen LogP) is 5.35. The van der Waals surface area contributed by atoms with Crippen LogP contribution in [0.25, 0.3) is 0 Å². The minimum Gasteiger partial charge on any atom is -0.310 e. The molecule has 0 amide bonds. The van der Waals surface area contributed by atoms with Crippen molar-refractivity contribution in [3.05, 3.63) is 56.7 Å². The maximum atomic E-state index is 14.1. The maximum Gasteiger partial charge on any atom is 0.142 e. The van der Waals surface area contributed by atoms with E-state index >= 15 is 0 Å². The van der Waals surface area contributed by atoms with Crippen LogP contribution in [-0.4, -0.2) is 6.54 Å². The lowest BCUT2D eigenvalue weighted by Gasteiger charge is -2.20. The van der Waals surface area contributed by atoms with Crippen LogP contribution in [0.15, 0.2) is 29.0 Å². The summed E-state index contributed by atoms with van der Waals surface area (Å²) in [6.45, 7) is 2.81. The largest absolute Gasteiger partial charge is 0.310 e. The monoisotopic (exact) mass is 329 g/mol. The molecule has 1 atom stereocenters. The van der Waals surface area contributed by atoms with Crippen molar-refractivity contribution < 1.29 is 8.78 Å². The zero-order valence-electron chi connectivity index (χ0n) is 11.8. The summed E-state index contributed by atoms with van der Waals surface area (Å²) in [6.07, 6.45) is 2.48. The molecule has 0 aliphatic rings. The number of aryl methyl sites for hydroxylation is 1. The number of rotatable bonds is 7. The first kappa shape index (κ1) is 16.4. The molecule has 0 aliphatic heterocycles. The summed E-state index contributed by atoms with van der Waals surface area (Å²) in [7, 11) is 0. The topological polar surface area (TPSA) is 12.0 Å². The molecule has 114 valence electrons. The highest BCUT2D eigenvalue weighted by Gasteiger charge is 2.18. The highest BCUT2D eigenvalue weighted by atomic mass is 35.5. The Bertz CT molecular complexity index is 572. The number of thiophene rings is 1. The number of hydrogen-bond donors (Lipinski definition) is 1. The fourth-order valence-electron chi connectivity index (χ4n) is 2.24. The van der Waals surface area contributed by atoms with E-state index in [0.29, 0.717) is 12.0 Å². The van der Waals surface area contributed by atoms with Gasteiger partial charge in [0.2, 0.25) is 0 Å². The zero-order valence-corrected chi connectivity index (χ0v) is 13.4. The minimum absolute atomic E-state index is 0.177. The van der Waals surface area contributed by atoms with Gasteiger partial charge in [-0.25, -0.2) is 8.78 Å². The van der Waals surface area contributed by atoms with Gasteiger partial charge in [0.25, 0.3) is 0 Å². The summed E-state index contributed by atoms with van der Waals surface area (Å²) in [5, 5.41) is 7.21. The molecule has 2 rings (SSSR count). The highest BCUT2D eigenvalue weighted by Crippen LogP contribution is 2.27. The molecule has 2 aromatic rings. The van der Waals surface area contributed by atoms with Crippen molar-refractivity contribution in [2.75, 3.05) is 6.54 Å². The van der Waals surface area contributed by atoms with Crippen molar-refractivity contribution in [2.45, 2.75) is 32.2 Å². The Kier molecular flexibility index (Phi) is 6.15. The molecule has 0 aliphatic carbocycles. The average molecular weight is 330 g/mol. The van der Waals surface area contributed by atoms with Crippen LogP contribution in [0.4, 0.5) is 8.78 Å². The van der Waals surface area contributed by atoms with Crippen molar-refractivity contribution in [3.63, 3.8) is 0 Å². The molecule has 1 unspecified atom stereocenters. The molecule has 21 heavy (non-hydrogen) atoms. The van der Waals surface area contributed by atoms with Gasteiger partial charge in [0, 0.05) is 11.6 Å². The van der Waals surface area contributed by atoms with Gasteiger partial charge in [0.15, 0.2) is 0 Å². The van der Waals surface area contributed by atoms with E-state index in [1.165, 1.54) is 11.6 Å². The molecule has 1 aromatic carbocycles. The van der Waals surface area contributed by atoms with Crippen LogP contribution < -0.4 is 5.32 Å². The fourth-order valence-corrected chi connectivity index (χ4v) is 3.09. The van der Waals surface area contributed by atoms with Crippen molar-refractivity contribution in [2.24, 2.45) is 0 Å². The summed E-state index contributed by atoms with van der Waals surface area (Å²) in [5.41, 5.74) is 1.57. The number of benzene rings is 1. The average Bonchev–Trinajstić information content (AvgIpc) is 2.97. The lowest BCUT2D eigenvalue weighted by molar-refractivity contribution is 0.469. The first-order valence-electron chi connectivity index (χ1n) is 7.00. The maximum absolute atomic E-state index is 14.1. The van der Waals surface area contributed by atoms with Gasteiger partial charge in [0.1, 0.15) is 11.6 Å². The Morgan fingerprint density at radius 3 is 2.76 bits per heavy atom. The molecule has 1 N–H and O–H groups in total. The van der Waals surface area contributed by atoms with Crippen LogP contribution in [0, 0.1) is 11.6 Å². The van der Waals surface area contributed by atoms with E-state index in [9.17, 15) is 8.78 Å².